The third-order valence-corrected chi connectivity index (χ3v) is 6.54. The van der Waals surface area contributed by atoms with Gasteiger partial charge in [-0.2, -0.15) is 0 Å². The summed E-state index contributed by atoms with van der Waals surface area (Å²) < 4.78 is 18.8. The molecular weight excluding hydrogens is 487 g/mol. The van der Waals surface area contributed by atoms with E-state index < -0.39 is 11.7 Å². The molecule has 0 unspecified atom stereocenters. The van der Waals surface area contributed by atoms with Crippen LogP contribution in [0, 0.1) is 12.7 Å². The van der Waals surface area contributed by atoms with Crippen LogP contribution in [0.25, 0.3) is 0 Å². The highest BCUT2D eigenvalue weighted by atomic mass is 19.1. The fourth-order valence-corrected chi connectivity index (χ4v) is 4.52. The molecule has 0 aliphatic carbocycles. The molecule has 2 amide bonds. The normalized spacial score (nSPS) is 16.7. The van der Waals surface area contributed by atoms with Crippen molar-refractivity contribution in [3.63, 3.8) is 0 Å². The largest absolute Gasteiger partial charge is 0.465 e. The van der Waals surface area contributed by atoms with E-state index in [1.807, 2.05) is 45.0 Å². The summed E-state index contributed by atoms with van der Waals surface area (Å²) in [5, 5.41) is 8.93. The second-order valence-corrected chi connectivity index (χ2v) is 10.7. The number of anilines is 2. The summed E-state index contributed by atoms with van der Waals surface area (Å²) in [6, 6.07) is 15.3. The number of halogens is 1. The molecule has 0 atom stereocenters. The van der Waals surface area contributed by atoms with Gasteiger partial charge in [-0.05, 0) is 76.4 Å². The number of carbonyl (C=O) groups is 2. The van der Waals surface area contributed by atoms with Crippen molar-refractivity contribution < 1.29 is 23.8 Å². The van der Waals surface area contributed by atoms with Gasteiger partial charge in [0.2, 0.25) is 0 Å². The van der Waals surface area contributed by atoms with Crippen LogP contribution in [-0.4, -0.2) is 85.1 Å². The van der Waals surface area contributed by atoms with E-state index in [2.05, 4.69) is 21.9 Å². The van der Waals surface area contributed by atoms with Crippen molar-refractivity contribution in [2.45, 2.75) is 46.1 Å². The van der Waals surface area contributed by atoms with Crippen LogP contribution in [0.1, 0.15) is 39.2 Å². The lowest BCUT2D eigenvalue weighted by Crippen LogP contribution is -2.39. The maximum absolute atomic E-state index is 13.4. The summed E-state index contributed by atoms with van der Waals surface area (Å²) in [6.07, 6.45) is 0.691. The van der Waals surface area contributed by atoms with Gasteiger partial charge in [0.05, 0.1) is 0 Å². The number of para-hydroxylation sites is 1. The summed E-state index contributed by atoms with van der Waals surface area (Å²) in [5.74, 6) is -0.186. The van der Waals surface area contributed by atoms with Crippen molar-refractivity contribution in [2.24, 2.45) is 0 Å². The predicted octanol–water partition coefficient (Wildman–Crippen LogP) is 5.46. The van der Waals surface area contributed by atoms with Gasteiger partial charge in [0, 0.05) is 63.7 Å². The number of benzene rings is 2. The summed E-state index contributed by atoms with van der Waals surface area (Å²) in [7, 11) is 0. The Balaban J connectivity index is 0.000000221. The van der Waals surface area contributed by atoms with Gasteiger partial charge in [0.1, 0.15) is 11.4 Å². The first kappa shape index (κ1) is 29.1. The van der Waals surface area contributed by atoms with Crippen LogP contribution in [-0.2, 0) is 4.74 Å². The number of ether oxygens (including phenoxy) is 1. The average molecular weight is 529 g/mol. The van der Waals surface area contributed by atoms with Crippen LogP contribution in [0.3, 0.4) is 0 Å². The van der Waals surface area contributed by atoms with Crippen LogP contribution < -0.4 is 9.80 Å². The molecule has 1 N–H and O–H groups in total. The molecule has 2 fully saturated rings. The van der Waals surface area contributed by atoms with E-state index in [0.717, 1.165) is 44.7 Å². The van der Waals surface area contributed by atoms with Gasteiger partial charge in [-0.1, -0.05) is 18.2 Å². The Morgan fingerprint density at radius 1 is 0.789 bits per heavy atom. The maximum Gasteiger partial charge on any atom is 0.410 e. The maximum atomic E-state index is 13.4. The molecule has 2 aromatic carbocycles. The zero-order valence-electron chi connectivity index (χ0n) is 23.0. The van der Waals surface area contributed by atoms with Crippen molar-refractivity contribution in [3.05, 3.63) is 59.9 Å². The van der Waals surface area contributed by atoms with Gasteiger partial charge in [-0.3, -0.25) is 0 Å². The van der Waals surface area contributed by atoms with E-state index in [0.29, 0.717) is 31.7 Å². The topological polar surface area (TPSA) is 76.6 Å². The fraction of sp³-hybridized carbons (Fsp3) is 0.517. The van der Waals surface area contributed by atoms with Crippen LogP contribution in [0.5, 0.6) is 0 Å². The summed E-state index contributed by atoms with van der Waals surface area (Å²) in [6.45, 7) is 13.2. The molecule has 2 aliphatic heterocycles. The van der Waals surface area contributed by atoms with Crippen LogP contribution in [0.15, 0.2) is 48.5 Å². The lowest BCUT2D eigenvalue weighted by Gasteiger charge is -2.27. The fourth-order valence-electron chi connectivity index (χ4n) is 4.52. The molecule has 0 radical (unpaired) electrons. The predicted molar refractivity (Wildman–Crippen MR) is 149 cm³/mol. The number of hydrogen-bond donors (Lipinski definition) is 1. The van der Waals surface area contributed by atoms with Crippen molar-refractivity contribution in [1.82, 2.24) is 9.80 Å². The number of rotatable bonds is 2. The molecule has 0 saturated carbocycles. The Morgan fingerprint density at radius 3 is 1.95 bits per heavy atom. The summed E-state index contributed by atoms with van der Waals surface area (Å²) in [4.78, 5) is 30.7. The number of amides is 2. The molecule has 38 heavy (non-hydrogen) atoms. The minimum absolute atomic E-state index is 0.186. The number of hydrogen-bond acceptors (Lipinski definition) is 5. The average Bonchev–Trinajstić information content (AvgIpc) is 3.27. The van der Waals surface area contributed by atoms with Crippen molar-refractivity contribution in [3.8, 4) is 0 Å². The lowest BCUT2D eigenvalue weighted by molar-refractivity contribution is 0.0263. The first-order valence-electron chi connectivity index (χ1n) is 13.3. The monoisotopic (exact) mass is 528 g/mol. The van der Waals surface area contributed by atoms with E-state index in [1.54, 1.807) is 17.9 Å². The molecule has 0 spiro atoms. The molecule has 9 heteroatoms. The molecule has 2 aromatic rings. The van der Waals surface area contributed by atoms with E-state index in [9.17, 15) is 14.0 Å². The Hall–Kier alpha value is -3.49. The smallest absolute Gasteiger partial charge is 0.410 e. The Morgan fingerprint density at radius 2 is 1.37 bits per heavy atom. The highest BCUT2D eigenvalue weighted by Gasteiger charge is 2.24. The standard InChI is InChI=1S/C17H25FN2O2.C12H16N2O2/c1-13-12-14(6-7-15(13)18)19-8-5-9-20(11-10-19)16(21)22-17(2,3)4;15-12(16)14-8-4-7-13(9-10-14)11-5-2-1-3-6-11/h6-7,12H,5,8-11H2,1-4H3;1-3,5-6H,4,7-10H2,(H,15,16). The number of nitrogens with zero attached hydrogens (tertiary/aromatic N) is 4. The van der Waals surface area contributed by atoms with Crippen molar-refractivity contribution in [2.75, 3.05) is 62.2 Å². The lowest BCUT2D eigenvalue weighted by atomic mass is 10.2. The van der Waals surface area contributed by atoms with Crippen molar-refractivity contribution >= 4 is 23.6 Å². The molecule has 4 rings (SSSR count). The third-order valence-electron chi connectivity index (χ3n) is 6.54. The van der Waals surface area contributed by atoms with E-state index in [-0.39, 0.29) is 11.9 Å². The molecule has 0 aromatic heterocycles. The summed E-state index contributed by atoms with van der Waals surface area (Å²) in [5.41, 5.74) is 2.35. The molecular formula is C29H41FN4O4. The van der Waals surface area contributed by atoms with Crippen molar-refractivity contribution in [1.29, 1.82) is 0 Å². The quantitative estimate of drug-likeness (QED) is 0.558. The van der Waals surface area contributed by atoms with E-state index in [4.69, 9.17) is 9.84 Å². The zero-order chi connectivity index (χ0) is 27.7. The van der Waals surface area contributed by atoms with Crippen LogP contribution in [0.2, 0.25) is 0 Å². The van der Waals surface area contributed by atoms with Crippen LogP contribution >= 0.6 is 0 Å². The first-order valence-corrected chi connectivity index (χ1v) is 13.3. The number of carboxylic acid groups (broad SMARTS) is 1. The second-order valence-electron chi connectivity index (χ2n) is 10.7. The Bertz CT molecular complexity index is 1060. The zero-order valence-corrected chi connectivity index (χ0v) is 23.0. The molecule has 2 aliphatic rings. The molecule has 208 valence electrons. The van der Waals surface area contributed by atoms with Gasteiger partial charge in [-0.15, -0.1) is 0 Å². The minimum atomic E-state index is -0.810. The number of aryl methyl sites for hydroxylation is 1. The molecule has 2 heterocycles. The van der Waals surface area contributed by atoms with Gasteiger partial charge < -0.3 is 29.4 Å². The Labute approximate surface area is 225 Å². The highest BCUT2D eigenvalue weighted by molar-refractivity contribution is 5.68. The molecule has 8 nitrogen and oxygen atoms in total. The third kappa shape index (κ3) is 8.82. The van der Waals surface area contributed by atoms with Gasteiger partial charge in [-0.25, -0.2) is 14.0 Å². The van der Waals surface area contributed by atoms with Gasteiger partial charge in [0.15, 0.2) is 0 Å². The minimum Gasteiger partial charge on any atom is -0.465 e. The first-order chi connectivity index (χ1) is 18.0. The van der Waals surface area contributed by atoms with Gasteiger partial charge in [0.25, 0.3) is 0 Å². The second kappa shape index (κ2) is 13.3. The van der Waals surface area contributed by atoms with Gasteiger partial charge >= 0.3 is 12.2 Å². The number of carbonyl (C=O) groups excluding carboxylic acids is 1. The molecule has 2 saturated heterocycles. The Kier molecular flexibility index (Phi) is 10.2. The summed E-state index contributed by atoms with van der Waals surface area (Å²) >= 11 is 0. The molecule has 0 bridgehead atoms. The highest BCUT2D eigenvalue weighted by Crippen LogP contribution is 2.21. The van der Waals surface area contributed by atoms with E-state index >= 15 is 0 Å². The van der Waals surface area contributed by atoms with Crippen LogP contribution in [0.4, 0.5) is 25.4 Å². The van der Waals surface area contributed by atoms with E-state index in [1.165, 1.54) is 16.7 Å². The SMILES string of the molecule is Cc1cc(N2CCCN(C(=O)OC(C)(C)C)CC2)ccc1F.O=C(O)N1CCCN(c2ccccc2)CC1.